The summed E-state index contributed by atoms with van der Waals surface area (Å²) in [5, 5.41) is 13.9. The number of benzene rings is 2. The molecule has 0 aliphatic carbocycles. The number of ether oxygens (including phenoxy) is 1. The zero-order chi connectivity index (χ0) is 24.5. The van der Waals surface area contributed by atoms with E-state index in [2.05, 4.69) is 21.8 Å². The first-order valence-electron chi connectivity index (χ1n) is 11.1. The molecule has 2 N–H and O–H groups in total. The van der Waals surface area contributed by atoms with Crippen molar-refractivity contribution >= 4 is 39.9 Å². The molecule has 180 valence electrons. The molecule has 1 aliphatic rings. The molecule has 4 rings (SSSR count). The number of carbonyl (C=O) groups is 1. The van der Waals surface area contributed by atoms with Gasteiger partial charge in [-0.05, 0) is 80.2 Å². The Morgan fingerprint density at radius 2 is 2.00 bits per heavy atom. The third-order valence-electron chi connectivity index (χ3n) is 5.38. The molecular formula is C25H24N4O5S. The van der Waals surface area contributed by atoms with Crippen LogP contribution >= 0.6 is 11.8 Å². The van der Waals surface area contributed by atoms with Gasteiger partial charge in [0.05, 0.1) is 0 Å². The second-order valence-corrected chi connectivity index (χ2v) is 8.80. The second kappa shape index (κ2) is 12.1. The fourth-order valence-corrected chi connectivity index (χ4v) is 4.22. The number of hydrogen-bond donors (Lipinski definition) is 2. The predicted octanol–water partition coefficient (Wildman–Crippen LogP) is 4.21. The third-order valence-corrected chi connectivity index (χ3v) is 6.17. The quantitative estimate of drug-likeness (QED) is 0.120. The molecule has 0 radical (unpaired) electrons. The normalized spacial score (nSPS) is 13.1. The van der Waals surface area contributed by atoms with E-state index in [1.807, 2.05) is 18.2 Å². The van der Waals surface area contributed by atoms with E-state index in [9.17, 15) is 9.59 Å². The summed E-state index contributed by atoms with van der Waals surface area (Å²) in [6.07, 6.45) is 4.05. The van der Waals surface area contributed by atoms with Crippen LogP contribution in [-0.2, 0) is 4.79 Å². The Morgan fingerprint density at radius 3 is 2.74 bits per heavy atom. The smallest absolute Gasteiger partial charge is 0.307 e. The first-order chi connectivity index (χ1) is 17.1. The molecule has 1 aliphatic heterocycles. The molecule has 35 heavy (non-hydrogen) atoms. The number of furan rings is 1. The van der Waals surface area contributed by atoms with Crippen molar-refractivity contribution in [1.29, 1.82) is 0 Å². The molecule has 10 heteroatoms. The van der Waals surface area contributed by atoms with Crippen molar-refractivity contribution in [1.82, 2.24) is 10.4 Å². The third kappa shape index (κ3) is 6.88. The number of rotatable bonds is 8. The largest absolute Gasteiger partial charge is 0.492 e. The summed E-state index contributed by atoms with van der Waals surface area (Å²) in [7, 11) is 0. The van der Waals surface area contributed by atoms with Gasteiger partial charge in [0.2, 0.25) is 5.88 Å². The van der Waals surface area contributed by atoms with Crippen molar-refractivity contribution in [2.24, 2.45) is 5.10 Å². The van der Waals surface area contributed by atoms with Crippen molar-refractivity contribution in [3.8, 4) is 17.6 Å². The molecule has 1 amide bonds. The van der Waals surface area contributed by atoms with Crippen molar-refractivity contribution in [3.63, 3.8) is 0 Å². The van der Waals surface area contributed by atoms with E-state index in [4.69, 9.17) is 14.4 Å². The number of isocyanates is 1. The van der Waals surface area contributed by atoms with Gasteiger partial charge in [-0.15, -0.1) is 0 Å². The van der Waals surface area contributed by atoms with E-state index >= 15 is 0 Å². The van der Waals surface area contributed by atoms with Gasteiger partial charge < -0.3 is 9.15 Å². The zero-order valence-corrected chi connectivity index (χ0v) is 19.7. The number of hydrazone groups is 1. The number of thioether (sulfide) groups is 1. The molecular weight excluding hydrogens is 468 g/mol. The molecule has 2 aromatic carbocycles. The molecule has 0 atom stereocenters. The number of anilines is 1. The van der Waals surface area contributed by atoms with E-state index in [0.717, 1.165) is 42.5 Å². The Kier molecular flexibility index (Phi) is 8.44. The van der Waals surface area contributed by atoms with Gasteiger partial charge in [0, 0.05) is 28.5 Å². The minimum Gasteiger partial charge on any atom is -0.492 e. The average Bonchev–Trinajstić information content (AvgIpc) is 3.54. The molecule has 1 aromatic heterocycles. The van der Waals surface area contributed by atoms with Gasteiger partial charge in [0.15, 0.2) is 0 Å². The molecule has 0 saturated carbocycles. The number of hydroxylamine groups is 1. The van der Waals surface area contributed by atoms with Crippen LogP contribution in [0, 0.1) is 11.8 Å². The number of nitrogens with one attached hydrogen (secondary N) is 1. The highest BCUT2D eigenvalue weighted by molar-refractivity contribution is 8.13. The number of fused-ring (bicyclic) bond motifs is 1. The number of carbonyl (C=O) groups excluding carboxylic acids is 2. The topological polar surface area (TPSA) is 108 Å². The van der Waals surface area contributed by atoms with Crippen molar-refractivity contribution in [3.05, 3.63) is 54.1 Å². The molecule has 0 spiro atoms. The Morgan fingerprint density at radius 1 is 1.20 bits per heavy atom. The van der Waals surface area contributed by atoms with Crippen molar-refractivity contribution < 1.29 is 24.0 Å². The summed E-state index contributed by atoms with van der Waals surface area (Å²) in [6.45, 7) is 3.92. The summed E-state index contributed by atoms with van der Waals surface area (Å²) in [5.41, 5.74) is 2.93. The number of hydrogen-bond acceptors (Lipinski definition) is 9. The monoisotopic (exact) mass is 492 g/mol. The van der Waals surface area contributed by atoms with E-state index in [0.29, 0.717) is 28.5 Å². The number of likely N-dealkylation sites (tertiary alicyclic amines) is 1. The van der Waals surface area contributed by atoms with Crippen LogP contribution in [0.25, 0.3) is 11.0 Å². The first kappa shape index (κ1) is 24.4. The van der Waals surface area contributed by atoms with Crippen LogP contribution in [-0.4, -0.2) is 54.2 Å². The molecule has 9 nitrogen and oxygen atoms in total. The number of amides is 1. The molecule has 1 fully saturated rings. The standard InChI is InChI=1S/C25H24N4O5S/c30-18-26-29(13-3-4-19-5-8-22(9-6-19)35-25(31)27-32)24-17-20-16-21(7-10-23(20)34-24)33-15-14-28-11-1-2-12-28/h5-10,16-17,32H,1-2,11-15H2,(H,27,31). The summed E-state index contributed by atoms with van der Waals surface area (Å²) in [5.74, 6) is 7.06. The van der Waals surface area contributed by atoms with Crippen LogP contribution in [0.2, 0.25) is 0 Å². The van der Waals surface area contributed by atoms with Crippen LogP contribution in [0.4, 0.5) is 10.7 Å². The zero-order valence-electron chi connectivity index (χ0n) is 18.9. The van der Waals surface area contributed by atoms with E-state index < -0.39 is 5.24 Å². The van der Waals surface area contributed by atoms with Gasteiger partial charge in [-0.2, -0.15) is 0 Å². The Hall–Kier alpha value is -3.74. The predicted molar refractivity (Wildman–Crippen MR) is 132 cm³/mol. The molecule has 1 saturated heterocycles. The average molecular weight is 493 g/mol. The molecule has 0 unspecified atom stereocenters. The van der Waals surface area contributed by atoms with Crippen molar-refractivity contribution in [2.75, 3.05) is 37.8 Å². The lowest BCUT2D eigenvalue weighted by atomic mass is 10.2. The maximum Gasteiger partial charge on any atom is 0.307 e. The van der Waals surface area contributed by atoms with Gasteiger partial charge in [0.1, 0.15) is 24.5 Å². The lowest BCUT2D eigenvalue weighted by Gasteiger charge is -2.14. The maximum absolute atomic E-state index is 11.2. The minimum atomic E-state index is -0.571. The van der Waals surface area contributed by atoms with Gasteiger partial charge >= 0.3 is 5.24 Å². The summed E-state index contributed by atoms with van der Waals surface area (Å²) >= 11 is 0.860. The first-order valence-corrected chi connectivity index (χ1v) is 11.9. The minimum absolute atomic E-state index is 0.109. The Balaban J connectivity index is 1.39. The highest BCUT2D eigenvalue weighted by atomic mass is 32.2. The fourth-order valence-electron chi connectivity index (χ4n) is 3.69. The Bertz CT molecular complexity index is 1270. The molecule has 0 bridgehead atoms. The highest BCUT2D eigenvalue weighted by Crippen LogP contribution is 2.29. The van der Waals surface area contributed by atoms with Crippen LogP contribution < -0.4 is 15.2 Å². The van der Waals surface area contributed by atoms with Crippen LogP contribution in [0.5, 0.6) is 5.75 Å². The number of nitrogens with zero attached hydrogens (tertiary/aromatic N) is 3. The van der Waals surface area contributed by atoms with Gasteiger partial charge in [0.25, 0.3) is 6.08 Å². The summed E-state index contributed by atoms with van der Waals surface area (Å²) in [6, 6.07) is 14.3. The molecule has 2 heterocycles. The van der Waals surface area contributed by atoms with E-state index in [1.165, 1.54) is 23.9 Å². The van der Waals surface area contributed by atoms with Crippen LogP contribution in [0.3, 0.4) is 0 Å². The van der Waals surface area contributed by atoms with Crippen molar-refractivity contribution in [2.45, 2.75) is 17.7 Å². The maximum atomic E-state index is 11.2. The van der Waals surface area contributed by atoms with Crippen LogP contribution in [0.1, 0.15) is 18.4 Å². The fraction of sp³-hybridized carbons (Fsp3) is 0.280. The highest BCUT2D eigenvalue weighted by Gasteiger charge is 2.13. The summed E-state index contributed by atoms with van der Waals surface area (Å²) in [4.78, 5) is 25.2. The lowest BCUT2D eigenvalue weighted by molar-refractivity contribution is 0.180. The van der Waals surface area contributed by atoms with E-state index in [-0.39, 0.29) is 6.54 Å². The SMILES string of the molecule is O=C=NN(CC#Cc1ccc(SC(=O)NO)cc1)c1cc2cc(OCCN3CCCC3)ccc2o1. The van der Waals surface area contributed by atoms with Crippen LogP contribution in [0.15, 0.2) is 62.9 Å². The van der Waals surface area contributed by atoms with Gasteiger partial charge in [-0.25, -0.2) is 15.3 Å². The lowest BCUT2D eigenvalue weighted by Crippen LogP contribution is -2.25. The second-order valence-electron chi connectivity index (χ2n) is 7.76. The van der Waals surface area contributed by atoms with E-state index in [1.54, 1.807) is 35.8 Å². The summed E-state index contributed by atoms with van der Waals surface area (Å²) < 4.78 is 11.8. The van der Waals surface area contributed by atoms with Gasteiger partial charge in [-0.3, -0.25) is 14.9 Å². The molecule has 3 aromatic rings. The Labute approximate surface area is 206 Å². The van der Waals surface area contributed by atoms with Gasteiger partial charge in [-0.1, -0.05) is 16.9 Å².